The molecule has 1 aromatic rings. The Morgan fingerprint density at radius 3 is 2.67 bits per heavy atom. The fourth-order valence-corrected chi connectivity index (χ4v) is 2.66. The normalized spacial score (nSPS) is 16.5. The standard InChI is InChI=1S/C14H18N2O5/c1-21-12-8-10(16(19)20)4-5-11(12)13(18)15-14(9-17)6-2-3-7-14/h4-5,8,17H,2-3,6-7,9H2,1H3,(H,15,18). The lowest BCUT2D eigenvalue weighted by molar-refractivity contribution is -0.384. The molecule has 1 aliphatic rings. The molecule has 21 heavy (non-hydrogen) atoms. The van der Waals surface area contributed by atoms with Gasteiger partial charge in [0.15, 0.2) is 0 Å². The van der Waals surface area contributed by atoms with Gasteiger partial charge in [0.1, 0.15) is 5.75 Å². The summed E-state index contributed by atoms with van der Waals surface area (Å²) in [6.45, 7) is -0.117. The van der Waals surface area contributed by atoms with E-state index >= 15 is 0 Å². The second-order valence-electron chi connectivity index (χ2n) is 5.24. The second kappa shape index (κ2) is 6.09. The Morgan fingerprint density at radius 2 is 2.14 bits per heavy atom. The molecule has 1 saturated carbocycles. The monoisotopic (exact) mass is 294 g/mol. The fraction of sp³-hybridized carbons (Fsp3) is 0.500. The van der Waals surface area contributed by atoms with Crippen molar-refractivity contribution in [3.8, 4) is 5.75 Å². The van der Waals surface area contributed by atoms with Gasteiger partial charge in [0, 0.05) is 6.07 Å². The van der Waals surface area contributed by atoms with E-state index in [1.165, 1.54) is 25.3 Å². The zero-order chi connectivity index (χ0) is 15.5. The van der Waals surface area contributed by atoms with Gasteiger partial charge in [0.05, 0.1) is 35.8 Å². The van der Waals surface area contributed by atoms with Crippen molar-refractivity contribution >= 4 is 11.6 Å². The SMILES string of the molecule is COc1cc([N+](=O)[O-])ccc1C(=O)NC1(CO)CCCC1. The average molecular weight is 294 g/mol. The number of carbonyl (C=O) groups excluding carboxylic acids is 1. The van der Waals surface area contributed by atoms with Crippen molar-refractivity contribution in [3.05, 3.63) is 33.9 Å². The number of benzene rings is 1. The summed E-state index contributed by atoms with van der Waals surface area (Å²) in [7, 11) is 1.35. The summed E-state index contributed by atoms with van der Waals surface area (Å²) in [4.78, 5) is 22.6. The zero-order valence-electron chi connectivity index (χ0n) is 11.8. The number of nitro groups is 1. The molecule has 2 N–H and O–H groups in total. The predicted molar refractivity (Wildman–Crippen MR) is 75.4 cm³/mol. The van der Waals surface area contributed by atoms with Crippen LogP contribution in [0.3, 0.4) is 0 Å². The van der Waals surface area contributed by atoms with Crippen molar-refractivity contribution < 1.29 is 19.6 Å². The van der Waals surface area contributed by atoms with E-state index in [0.29, 0.717) is 0 Å². The minimum absolute atomic E-state index is 0.117. The highest BCUT2D eigenvalue weighted by molar-refractivity contribution is 5.97. The molecule has 7 heteroatoms. The molecule has 1 aliphatic carbocycles. The topological polar surface area (TPSA) is 102 Å². The number of rotatable bonds is 5. The summed E-state index contributed by atoms with van der Waals surface area (Å²) in [6.07, 6.45) is 3.37. The predicted octanol–water partition coefficient (Wildman–Crippen LogP) is 1.64. The Balaban J connectivity index is 2.24. The summed E-state index contributed by atoms with van der Waals surface area (Å²) in [5, 5.41) is 23.1. The van der Waals surface area contributed by atoms with E-state index in [4.69, 9.17) is 4.74 Å². The van der Waals surface area contributed by atoms with E-state index in [0.717, 1.165) is 25.7 Å². The number of non-ortho nitro benzene ring substituents is 1. The molecule has 0 aliphatic heterocycles. The van der Waals surface area contributed by atoms with Crippen LogP contribution in [-0.4, -0.2) is 35.2 Å². The zero-order valence-corrected chi connectivity index (χ0v) is 11.8. The Hall–Kier alpha value is -2.15. The summed E-state index contributed by atoms with van der Waals surface area (Å²) in [5.41, 5.74) is -0.506. The van der Waals surface area contributed by atoms with E-state index in [1.807, 2.05) is 0 Å². The quantitative estimate of drug-likeness (QED) is 0.635. The van der Waals surface area contributed by atoms with E-state index in [-0.39, 0.29) is 23.6 Å². The Kier molecular flexibility index (Phi) is 4.42. The van der Waals surface area contributed by atoms with Crippen molar-refractivity contribution in [1.82, 2.24) is 5.32 Å². The number of amides is 1. The summed E-state index contributed by atoms with van der Waals surface area (Å²) >= 11 is 0. The number of hydrogen-bond acceptors (Lipinski definition) is 5. The number of aliphatic hydroxyl groups excluding tert-OH is 1. The maximum atomic E-state index is 12.4. The lowest BCUT2D eigenvalue weighted by Crippen LogP contribution is -2.49. The van der Waals surface area contributed by atoms with Crippen molar-refractivity contribution in [2.24, 2.45) is 0 Å². The van der Waals surface area contributed by atoms with Gasteiger partial charge in [-0.25, -0.2) is 0 Å². The summed E-state index contributed by atoms with van der Waals surface area (Å²) in [6, 6.07) is 3.85. The Morgan fingerprint density at radius 1 is 1.48 bits per heavy atom. The lowest BCUT2D eigenvalue weighted by Gasteiger charge is -2.28. The van der Waals surface area contributed by atoms with Crippen LogP contribution in [0, 0.1) is 10.1 Å². The molecule has 0 spiro atoms. The number of carbonyl (C=O) groups is 1. The fourth-order valence-electron chi connectivity index (χ4n) is 2.66. The van der Waals surface area contributed by atoms with Gasteiger partial charge in [-0.05, 0) is 18.9 Å². The highest BCUT2D eigenvalue weighted by atomic mass is 16.6. The molecule has 0 unspecified atom stereocenters. The van der Waals surface area contributed by atoms with E-state index in [9.17, 15) is 20.0 Å². The van der Waals surface area contributed by atoms with Crippen LogP contribution in [0.4, 0.5) is 5.69 Å². The molecule has 0 atom stereocenters. The molecular formula is C14H18N2O5. The number of nitrogens with zero attached hydrogens (tertiary/aromatic N) is 1. The van der Waals surface area contributed by atoms with Gasteiger partial charge in [-0.2, -0.15) is 0 Å². The molecule has 0 radical (unpaired) electrons. The minimum Gasteiger partial charge on any atom is -0.496 e. The molecule has 7 nitrogen and oxygen atoms in total. The van der Waals surface area contributed by atoms with Crippen LogP contribution >= 0.6 is 0 Å². The van der Waals surface area contributed by atoms with Gasteiger partial charge >= 0.3 is 0 Å². The van der Waals surface area contributed by atoms with Crippen molar-refractivity contribution in [2.75, 3.05) is 13.7 Å². The third-order valence-corrected chi connectivity index (χ3v) is 3.88. The first-order chi connectivity index (χ1) is 10.0. The molecule has 1 fully saturated rings. The largest absolute Gasteiger partial charge is 0.496 e. The van der Waals surface area contributed by atoms with Crippen LogP contribution in [0.15, 0.2) is 18.2 Å². The van der Waals surface area contributed by atoms with E-state index in [1.54, 1.807) is 0 Å². The first kappa shape index (κ1) is 15.2. The highest BCUT2D eigenvalue weighted by Crippen LogP contribution is 2.31. The van der Waals surface area contributed by atoms with Crippen LogP contribution in [0.1, 0.15) is 36.0 Å². The van der Waals surface area contributed by atoms with Crippen LogP contribution in [0.25, 0.3) is 0 Å². The van der Waals surface area contributed by atoms with E-state index in [2.05, 4.69) is 5.32 Å². The van der Waals surface area contributed by atoms with Crippen molar-refractivity contribution in [3.63, 3.8) is 0 Å². The number of ether oxygens (including phenoxy) is 1. The number of hydrogen-bond donors (Lipinski definition) is 2. The average Bonchev–Trinajstić information content (AvgIpc) is 2.95. The third-order valence-electron chi connectivity index (χ3n) is 3.88. The highest BCUT2D eigenvalue weighted by Gasteiger charge is 2.35. The molecule has 0 aromatic heterocycles. The molecule has 2 rings (SSSR count). The first-order valence-electron chi connectivity index (χ1n) is 6.77. The smallest absolute Gasteiger partial charge is 0.273 e. The van der Waals surface area contributed by atoms with Gasteiger partial charge < -0.3 is 15.2 Å². The number of methoxy groups -OCH3 is 1. The molecule has 1 amide bonds. The third kappa shape index (κ3) is 3.13. The second-order valence-corrected chi connectivity index (χ2v) is 5.24. The maximum Gasteiger partial charge on any atom is 0.273 e. The number of nitrogens with one attached hydrogen (secondary N) is 1. The molecular weight excluding hydrogens is 276 g/mol. The Labute approximate surface area is 122 Å². The molecule has 0 heterocycles. The van der Waals surface area contributed by atoms with E-state index < -0.39 is 16.4 Å². The maximum absolute atomic E-state index is 12.4. The van der Waals surface area contributed by atoms with Gasteiger partial charge in [0.2, 0.25) is 0 Å². The number of nitro benzene ring substituents is 1. The summed E-state index contributed by atoms with van der Waals surface area (Å²) < 4.78 is 5.06. The number of aliphatic hydroxyl groups is 1. The lowest BCUT2D eigenvalue weighted by atomic mass is 9.98. The van der Waals surface area contributed by atoms with Crippen molar-refractivity contribution in [1.29, 1.82) is 0 Å². The molecule has 0 bridgehead atoms. The van der Waals surface area contributed by atoms with Gasteiger partial charge in [-0.3, -0.25) is 14.9 Å². The Bertz CT molecular complexity index is 552. The molecule has 114 valence electrons. The first-order valence-corrected chi connectivity index (χ1v) is 6.77. The molecule has 1 aromatic carbocycles. The van der Waals surface area contributed by atoms with Crippen LogP contribution < -0.4 is 10.1 Å². The van der Waals surface area contributed by atoms with Gasteiger partial charge in [0.25, 0.3) is 11.6 Å². The summed E-state index contributed by atoms with van der Waals surface area (Å²) in [5.74, 6) is -0.245. The van der Waals surface area contributed by atoms with Crippen LogP contribution in [0.5, 0.6) is 5.75 Å². The van der Waals surface area contributed by atoms with Crippen LogP contribution in [-0.2, 0) is 0 Å². The van der Waals surface area contributed by atoms with Gasteiger partial charge in [-0.1, -0.05) is 12.8 Å². The van der Waals surface area contributed by atoms with Gasteiger partial charge in [-0.15, -0.1) is 0 Å². The van der Waals surface area contributed by atoms with Crippen molar-refractivity contribution in [2.45, 2.75) is 31.2 Å². The minimum atomic E-state index is -0.593. The van der Waals surface area contributed by atoms with Crippen LogP contribution in [0.2, 0.25) is 0 Å². The molecule has 0 saturated heterocycles.